The van der Waals surface area contributed by atoms with E-state index in [2.05, 4.69) is 18.4 Å². The number of esters is 1. The van der Waals surface area contributed by atoms with Crippen LogP contribution in [-0.2, 0) is 19.1 Å². The number of benzene rings is 1. The lowest BCUT2D eigenvalue weighted by Gasteiger charge is -2.38. The van der Waals surface area contributed by atoms with Gasteiger partial charge in [0.05, 0.1) is 6.61 Å². The number of amides is 1. The average molecular weight is 395 g/mol. The molecule has 0 saturated carbocycles. The summed E-state index contributed by atoms with van der Waals surface area (Å²) in [5.41, 5.74) is 1.08. The fourth-order valence-electron chi connectivity index (χ4n) is 2.99. The number of rotatable bonds is 8. The van der Waals surface area contributed by atoms with E-state index in [4.69, 9.17) is 21.1 Å². The highest BCUT2D eigenvalue weighted by Gasteiger charge is 2.26. The van der Waals surface area contributed by atoms with Crippen LogP contribution in [0.5, 0.6) is 0 Å². The molecule has 2 atom stereocenters. The summed E-state index contributed by atoms with van der Waals surface area (Å²) in [6.07, 6.45) is 0.835. The molecule has 0 bridgehead atoms. The van der Waals surface area contributed by atoms with Crippen LogP contribution in [0.1, 0.15) is 25.5 Å². The normalized spacial score (nSPS) is 17.2. The van der Waals surface area contributed by atoms with E-state index < -0.39 is 12.1 Å². The molecule has 2 unspecified atom stereocenters. The van der Waals surface area contributed by atoms with E-state index in [-0.39, 0.29) is 25.2 Å². The predicted molar refractivity (Wildman–Crippen MR) is 105 cm³/mol. The number of carbonyl (C=O) groups excluding carboxylic acids is 2. The van der Waals surface area contributed by atoms with E-state index in [0.717, 1.165) is 23.7 Å². The summed E-state index contributed by atoms with van der Waals surface area (Å²) in [4.78, 5) is 28.1. The zero-order chi connectivity index (χ0) is 19.8. The Labute approximate surface area is 165 Å². The predicted octanol–water partition coefficient (Wildman–Crippen LogP) is 2.68. The van der Waals surface area contributed by atoms with Crippen LogP contribution >= 0.6 is 11.6 Å². The minimum absolute atomic E-state index is 0.177. The molecule has 148 valence electrons. The second-order valence-corrected chi connectivity index (χ2v) is 6.89. The largest absolute Gasteiger partial charge is 0.454 e. The lowest BCUT2D eigenvalue weighted by molar-refractivity contribution is -0.161. The Balaban J connectivity index is 1.78. The fraction of sp³-hybridized carbons (Fsp3) is 0.500. The zero-order valence-corrected chi connectivity index (χ0v) is 16.7. The van der Waals surface area contributed by atoms with Gasteiger partial charge in [-0.2, -0.15) is 0 Å². The second kappa shape index (κ2) is 10.4. The van der Waals surface area contributed by atoms with Gasteiger partial charge in [0, 0.05) is 37.2 Å². The van der Waals surface area contributed by atoms with Gasteiger partial charge < -0.3 is 14.4 Å². The summed E-state index contributed by atoms with van der Waals surface area (Å²) in [7, 11) is 0. The van der Waals surface area contributed by atoms with Gasteiger partial charge >= 0.3 is 5.97 Å². The molecule has 1 amide bonds. The van der Waals surface area contributed by atoms with Gasteiger partial charge in [-0.1, -0.05) is 35.9 Å². The minimum Gasteiger partial charge on any atom is -0.454 e. The fourth-order valence-corrected chi connectivity index (χ4v) is 3.28. The van der Waals surface area contributed by atoms with Crippen LogP contribution < -0.4 is 0 Å². The topological polar surface area (TPSA) is 59.1 Å². The Kier molecular flexibility index (Phi) is 8.28. The number of hydrogen-bond acceptors (Lipinski definition) is 5. The number of halogens is 1. The summed E-state index contributed by atoms with van der Waals surface area (Å²) in [5, 5.41) is 0.753. The van der Waals surface area contributed by atoms with Crippen molar-refractivity contribution in [3.63, 3.8) is 0 Å². The molecule has 2 rings (SSSR count). The van der Waals surface area contributed by atoms with Gasteiger partial charge in [-0.05, 0) is 25.5 Å². The van der Waals surface area contributed by atoms with E-state index in [1.165, 1.54) is 0 Å². The monoisotopic (exact) mass is 394 g/mol. The van der Waals surface area contributed by atoms with Crippen molar-refractivity contribution in [2.24, 2.45) is 0 Å². The van der Waals surface area contributed by atoms with Gasteiger partial charge in [-0.25, -0.2) is 4.79 Å². The molecule has 0 radical (unpaired) electrons. The van der Waals surface area contributed by atoms with Crippen LogP contribution in [0.3, 0.4) is 0 Å². The van der Waals surface area contributed by atoms with Crippen molar-refractivity contribution >= 4 is 23.5 Å². The lowest BCUT2D eigenvalue weighted by Crippen LogP contribution is -2.50. The molecular weight excluding hydrogens is 368 g/mol. The molecule has 6 nitrogen and oxygen atoms in total. The van der Waals surface area contributed by atoms with Crippen LogP contribution in [0.4, 0.5) is 0 Å². The third kappa shape index (κ3) is 6.06. The first-order chi connectivity index (χ1) is 12.9. The van der Waals surface area contributed by atoms with Crippen molar-refractivity contribution in [2.75, 3.05) is 39.4 Å². The van der Waals surface area contributed by atoms with E-state index in [1.807, 2.05) is 24.3 Å². The van der Waals surface area contributed by atoms with Crippen molar-refractivity contribution in [1.29, 1.82) is 0 Å². The van der Waals surface area contributed by atoms with Gasteiger partial charge in [0.1, 0.15) is 0 Å². The maximum atomic E-state index is 12.3. The first kappa shape index (κ1) is 21.4. The van der Waals surface area contributed by atoms with Gasteiger partial charge in [0.25, 0.3) is 5.91 Å². The van der Waals surface area contributed by atoms with Crippen molar-refractivity contribution in [3.8, 4) is 0 Å². The summed E-state index contributed by atoms with van der Waals surface area (Å²) in [6.45, 7) is 9.89. The van der Waals surface area contributed by atoms with E-state index in [9.17, 15) is 9.59 Å². The molecule has 0 aromatic heterocycles. The molecule has 0 aliphatic carbocycles. The lowest BCUT2D eigenvalue weighted by atomic mass is 10.1. The van der Waals surface area contributed by atoms with Crippen LogP contribution in [0.25, 0.3) is 0 Å². The summed E-state index contributed by atoms with van der Waals surface area (Å²) >= 11 is 6.29. The van der Waals surface area contributed by atoms with Gasteiger partial charge in [0.15, 0.2) is 12.7 Å². The van der Waals surface area contributed by atoms with E-state index >= 15 is 0 Å². The van der Waals surface area contributed by atoms with Crippen LogP contribution in [0, 0.1) is 0 Å². The Bertz CT molecular complexity index is 659. The number of nitrogens with zero attached hydrogens (tertiary/aromatic N) is 2. The third-order valence-corrected chi connectivity index (χ3v) is 5.05. The quantitative estimate of drug-likeness (QED) is 0.501. The maximum absolute atomic E-state index is 12.3. The van der Waals surface area contributed by atoms with Crippen LogP contribution in [0.15, 0.2) is 36.9 Å². The molecule has 1 heterocycles. The highest BCUT2D eigenvalue weighted by Crippen LogP contribution is 2.27. The second-order valence-electron chi connectivity index (χ2n) is 6.49. The molecule has 1 aromatic rings. The van der Waals surface area contributed by atoms with Gasteiger partial charge in [-0.3, -0.25) is 9.69 Å². The number of ether oxygens (including phenoxy) is 2. The minimum atomic E-state index is -0.718. The molecule has 1 fully saturated rings. The molecule has 1 aliphatic heterocycles. The first-order valence-electron chi connectivity index (χ1n) is 9.09. The molecule has 7 heteroatoms. The molecule has 1 aliphatic rings. The van der Waals surface area contributed by atoms with Crippen LogP contribution in [-0.4, -0.2) is 67.2 Å². The summed E-state index contributed by atoms with van der Waals surface area (Å²) in [5.74, 6) is -0.736. The average Bonchev–Trinajstić information content (AvgIpc) is 2.69. The molecule has 1 saturated heterocycles. The van der Waals surface area contributed by atoms with E-state index in [0.29, 0.717) is 13.1 Å². The Hall–Kier alpha value is -1.89. The SMILES string of the molecule is C=CCOC(C)C(=O)OCC(=O)N1CCN(C(C)c2ccccc2Cl)CC1. The third-order valence-electron chi connectivity index (χ3n) is 4.70. The highest BCUT2D eigenvalue weighted by atomic mass is 35.5. The van der Waals surface area contributed by atoms with Crippen molar-refractivity contribution < 1.29 is 19.1 Å². The summed E-state index contributed by atoms with van der Waals surface area (Å²) in [6, 6.07) is 7.99. The molecule has 27 heavy (non-hydrogen) atoms. The highest BCUT2D eigenvalue weighted by molar-refractivity contribution is 6.31. The number of carbonyl (C=O) groups is 2. The number of hydrogen-bond donors (Lipinski definition) is 0. The van der Waals surface area contributed by atoms with Crippen molar-refractivity contribution in [3.05, 3.63) is 47.5 Å². The van der Waals surface area contributed by atoms with E-state index in [1.54, 1.807) is 17.9 Å². The molecule has 0 spiro atoms. The molecule has 1 aromatic carbocycles. The summed E-state index contributed by atoms with van der Waals surface area (Å²) < 4.78 is 10.2. The molecular formula is C20H27ClN2O4. The first-order valence-corrected chi connectivity index (χ1v) is 9.47. The Morgan fingerprint density at radius 1 is 1.22 bits per heavy atom. The Morgan fingerprint density at radius 2 is 1.89 bits per heavy atom. The van der Waals surface area contributed by atoms with Crippen molar-refractivity contribution in [1.82, 2.24) is 9.80 Å². The van der Waals surface area contributed by atoms with Gasteiger partial charge in [0.2, 0.25) is 0 Å². The van der Waals surface area contributed by atoms with Crippen LogP contribution in [0.2, 0.25) is 5.02 Å². The zero-order valence-electron chi connectivity index (χ0n) is 15.9. The maximum Gasteiger partial charge on any atom is 0.335 e. The standard InChI is InChI=1S/C20H27ClN2O4/c1-4-13-26-16(3)20(25)27-14-19(24)23-11-9-22(10-12-23)15(2)17-7-5-6-8-18(17)21/h4-8,15-16H,1,9-14H2,2-3H3. The molecule has 0 N–H and O–H groups in total. The van der Waals surface area contributed by atoms with Gasteiger partial charge in [-0.15, -0.1) is 6.58 Å². The Morgan fingerprint density at radius 3 is 2.52 bits per heavy atom. The smallest absolute Gasteiger partial charge is 0.335 e. The van der Waals surface area contributed by atoms with Crippen molar-refractivity contribution in [2.45, 2.75) is 26.0 Å². The number of piperazine rings is 1.